The van der Waals surface area contributed by atoms with Crippen LogP contribution in [-0.2, 0) is 4.74 Å². The first-order valence-electron chi connectivity index (χ1n) is 6.15. The molecule has 92 valence electrons. The van der Waals surface area contributed by atoms with Crippen LogP contribution in [0.25, 0.3) is 0 Å². The van der Waals surface area contributed by atoms with Crippen molar-refractivity contribution in [3.8, 4) is 0 Å². The Kier molecular flexibility index (Phi) is 10.3. The van der Waals surface area contributed by atoms with Crippen molar-refractivity contribution in [2.24, 2.45) is 0 Å². The van der Waals surface area contributed by atoms with E-state index >= 15 is 0 Å². The lowest BCUT2D eigenvalue weighted by Gasteiger charge is -2.21. The second-order valence-electron chi connectivity index (χ2n) is 4.16. The minimum absolute atomic E-state index is 0.824. The lowest BCUT2D eigenvalue weighted by molar-refractivity contribution is 0.118. The fourth-order valence-electron chi connectivity index (χ4n) is 1.36. The van der Waals surface area contributed by atoms with Crippen LogP contribution in [0.4, 0.5) is 0 Å². The predicted octanol–water partition coefficient (Wildman–Crippen LogP) is 1.69. The van der Waals surface area contributed by atoms with Gasteiger partial charge in [0.2, 0.25) is 0 Å². The highest BCUT2D eigenvalue weighted by molar-refractivity contribution is 4.56. The Balaban J connectivity index is 3.31. The topological polar surface area (TPSA) is 15.7 Å². The average Bonchev–Trinajstić information content (AvgIpc) is 2.24. The van der Waals surface area contributed by atoms with E-state index in [2.05, 4.69) is 30.8 Å². The van der Waals surface area contributed by atoms with Crippen LogP contribution in [0.5, 0.6) is 0 Å². The summed E-state index contributed by atoms with van der Waals surface area (Å²) in [6.07, 6.45) is 2.59. The molecule has 0 aliphatic heterocycles. The summed E-state index contributed by atoms with van der Waals surface area (Å²) in [4.78, 5) is 4.73. The highest BCUT2D eigenvalue weighted by atomic mass is 16.5. The van der Waals surface area contributed by atoms with Gasteiger partial charge in [0, 0.05) is 26.2 Å². The lowest BCUT2D eigenvalue weighted by atomic mass is 10.3. The zero-order valence-electron chi connectivity index (χ0n) is 11.0. The number of hydrogen-bond donors (Lipinski definition) is 0. The number of hydrogen-bond acceptors (Lipinski definition) is 3. The molecule has 3 heteroatoms. The smallest absolute Gasteiger partial charge is 0.0593 e. The zero-order chi connectivity index (χ0) is 11.5. The molecule has 0 aromatic carbocycles. The maximum Gasteiger partial charge on any atom is 0.0593 e. The highest BCUT2D eigenvalue weighted by Gasteiger charge is 2.01. The molecule has 0 unspecified atom stereocenters. The van der Waals surface area contributed by atoms with E-state index in [0.717, 1.165) is 32.8 Å². The van der Waals surface area contributed by atoms with Gasteiger partial charge in [0.25, 0.3) is 0 Å². The molecule has 15 heavy (non-hydrogen) atoms. The molecule has 0 amide bonds. The predicted molar refractivity (Wildman–Crippen MR) is 66.4 cm³/mol. The van der Waals surface area contributed by atoms with Crippen molar-refractivity contribution >= 4 is 0 Å². The summed E-state index contributed by atoms with van der Waals surface area (Å²) in [7, 11) is 4.36. The Morgan fingerprint density at radius 3 is 2.00 bits per heavy atom. The van der Waals surface area contributed by atoms with Crippen LogP contribution in [0.2, 0.25) is 0 Å². The maximum absolute atomic E-state index is 5.32. The first-order chi connectivity index (χ1) is 7.20. The van der Waals surface area contributed by atoms with E-state index in [1.54, 1.807) is 0 Å². The van der Waals surface area contributed by atoms with E-state index in [-0.39, 0.29) is 0 Å². The molecule has 0 aromatic heterocycles. The van der Waals surface area contributed by atoms with Crippen molar-refractivity contribution in [1.82, 2.24) is 9.80 Å². The standard InChI is InChI=1S/C12H28N2O/c1-5-7-8-13(3)9-10-14(4)11-12-15-6-2/h5-12H2,1-4H3. The highest BCUT2D eigenvalue weighted by Crippen LogP contribution is 1.92. The Bertz CT molecular complexity index is 131. The number of nitrogens with zero attached hydrogens (tertiary/aromatic N) is 2. The van der Waals surface area contributed by atoms with Crippen molar-refractivity contribution in [1.29, 1.82) is 0 Å². The third-order valence-corrected chi connectivity index (χ3v) is 2.58. The van der Waals surface area contributed by atoms with E-state index < -0.39 is 0 Å². The van der Waals surface area contributed by atoms with Crippen LogP contribution in [0.3, 0.4) is 0 Å². The van der Waals surface area contributed by atoms with E-state index in [1.165, 1.54) is 19.4 Å². The van der Waals surface area contributed by atoms with Crippen LogP contribution < -0.4 is 0 Å². The van der Waals surface area contributed by atoms with Gasteiger partial charge in [0.05, 0.1) is 6.61 Å². The minimum Gasteiger partial charge on any atom is -0.380 e. The first-order valence-corrected chi connectivity index (χ1v) is 6.15. The first kappa shape index (κ1) is 14.9. The number of likely N-dealkylation sites (N-methyl/N-ethyl adjacent to an activating group) is 2. The average molecular weight is 216 g/mol. The molecule has 3 nitrogen and oxygen atoms in total. The van der Waals surface area contributed by atoms with Gasteiger partial charge in [-0.15, -0.1) is 0 Å². The van der Waals surface area contributed by atoms with Gasteiger partial charge in [0.15, 0.2) is 0 Å². The molecule has 0 atom stereocenters. The van der Waals surface area contributed by atoms with Crippen LogP contribution in [0, 0.1) is 0 Å². The largest absolute Gasteiger partial charge is 0.380 e. The molecule has 0 bridgehead atoms. The van der Waals surface area contributed by atoms with Gasteiger partial charge < -0.3 is 14.5 Å². The van der Waals surface area contributed by atoms with Crippen LogP contribution in [-0.4, -0.2) is 63.3 Å². The summed E-state index contributed by atoms with van der Waals surface area (Å²) < 4.78 is 5.32. The number of rotatable bonds is 10. The van der Waals surface area contributed by atoms with Gasteiger partial charge in [0.1, 0.15) is 0 Å². The molecule has 0 fully saturated rings. The molecule has 0 aliphatic carbocycles. The molecular formula is C12H28N2O. The Morgan fingerprint density at radius 1 is 0.867 bits per heavy atom. The van der Waals surface area contributed by atoms with Gasteiger partial charge >= 0.3 is 0 Å². The zero-order valence-corrected chi connectivity index (χ0v) is 11.0. The SMILES string of the molecule is CCCCN(C)CCN(C)CCOCC. The van der Waals surface area contributed by atoms with Gasteiger partial charge in [-0.25, -0.2) is 0 Å². The third-order valence-electron chi connectivity index (χ3n) is 2.58. The lowest BCUT2D eigenvalue weighted by Crippen LogP contribution is -2.33. The summed E-state index contributed by atoms with van der Waals surface area (Å²) in [6, 6.07) is 0. The van der Waals surface area contributed by atoms with Crippen molar-refractivity contribution in [3.05, 3.63) is 0 Å². The fraction of sp³-hybridized carbons (Fsp3) is 1.00. The van der Waals surface area contributed by atoms with Crippen LogP contribution in [0.1, 0.15) is 26.7 Å². The number of ether oxygens (including phenoxy) is 1. The summed E-state index contributed by atoms with van der Waals surface area (Å²) in [6.45, 7) is 10.5. The van der Waals surface area contributed by atoms with E-state index in [0.29, 0.717) is 0 Å². The van der Waals surface area contributed by atoms with E-state index in [1.807, 2.05) is 6.92 Å². The van der Waals surface area contributed by atoms with Gasteiger partial charge in [-0.05, 0) is 34.0 Å². The molecule has 0 aliphatic rings. The van der Waals surface area contributed by atoms with Crippen molar-refractivity contribution in [2.75, 3.05) is 53.5 Å². The molecule has 0 heterocycles. The van der Waals surface area contributed by atoms with Crippen LogP contribution >= 0.6 is 0 Å². The van der Waals surface area contributed by atoms with Crippen molar-refractivity contribution < 1.29 is 4.74 Å². The van der Waals surface area contributed by atoms with Crippen molar-refractivity contribution in [3.63, 3.8) is 0 Å². The minimum atomic E-state index is 0.824. The third kappa shape index (κ3) is 10.2. The molecule has 0 saturated heterocycles. The summed E-state index contributed by atoms with van der Waals surface area (Å²) in [5.74, 6) is 0. The number of unbranched alkanes of at least 4 members (excludes halogenated alkanes) is 1. The molecule has 0 aromatic rings. The van der Waals surface area contributed by atoms with Crippen molar-refractivity contribution in [2.45, 2.75) is 26.7 Å². The summed E-state index contributed by atoms with van der Waals surface area (Å²) >= 11 is 0. The van der Waals surface area contributed by atoms with Gasteiger partial charge in [-0.3, -0.25) is 0 Å². The van der Waals surface area contributed by atoms with Gasteiger partial charge in [-0.2, -0.15) is 0 Å². The van der Waals surface area contributed by atoms with Crippen LogP contribution in [0.15, 0.2) is 0 Å². The molecule has 0 saturated carbocycles. The van der Waals surface area contributed by atoms with E-state index in [9.17, 15) is 0 Å². The second kappa shape index (κ2) is 10.4. The molecular weight excluding hydrogens is 188 g/mol. The Hall–Kier alpha value is -0.120. The quantitative estimate of drug-likeness (QED) is 0.517. The monoisotopic (exact) mass is 216 g/mol. The Labute approximate surface area is 95.4 Å². The van der Waals surface area contributed by atoms with E-state index in [4.69, 9.17) is 4.74 Å². The molecule has 0 radical (unpaired) electrons. The molecule has 0 N–H and O–H groups in total. The Morgan fingerprint density at radius 2 is 1.47 bits per heavy atom. The second-order valence-corrected chi connectivity index (χ2v) is 4.16. The normalized spacial score (nSPS) is 11.6. The maximum atomic E-state index is 5.32. The van der Waals surface area contributed by atoms with Gasteiger partial charge in [-0.1, -0.05) is 13.3 Å². The summed E-state index contributed by atoms with van der Waals surface area (Å²) in [5, 5.41) is 0. The fourth-order valence-corrected chi connectivity index (χ4v) is 1.36. The molecule has 0 rings (SSSR count). The molecule has 0 spiro atoms. The summed E-state index contributed by atoms with van der Waals surface area (Å²) in [5.41, 5.74) is 0.